The Labute approximate surface area is 90.1 Å². The molecule has 0 aromatic carbocycles. The number of oxime groups is 1. The van der Waals surface area contributed by atoms with E-state index in [0.29, 0.717) is 25.5 Å². The molecule has 0 heterocycles. The molecule has 0 spiro atoms. The normalized spacial score (nSPS) is 11.2. The van der Waals surface area contributed by atoms with Crippen molar-refractivity contribution in [2.75, 3.05) is 13.2 Å². The van der Waals surface area contributed by atoms with Crippen molar-refractivity contribution in [1.29, 1.82) is 0 Å². The fourth-order valence-electron chi connectivity index (χ4n) is 0.991. The number of rotatable bonds is 8. The number of aliphatic carboxylic acids is 1. The van der Waals surface area contributed by atoms with Gasteiger partial charge in [-0.2, -0.15) is 0 Å². The van der Waals surface area contributed by atoms with Gasteiger partial charge >= 0.3 is 5.97 Å². The third-order valence-corrected chi connectivity index (χ3v) is 1.67. The first-order chi connectivity index (χ1) is 7.16. The molecule has 0 unspecified atom stereocenters. The van der Waals surface area contributed by atoms with Gasteiger partial charge in [-0.05, 0) is 26.2 Å². The smallest absolute Gasteiger partial charge is 0.303 e. The van der Waals surface area contributed by atoms with E-state index in [2.05, 4.69) is 5.16 Å². The van der Waals surface area contributed by atoms with Crippen LogP contribution in [0.5, 0.6) is 0 Å². The number of hydrogen-bond acceptors (Lipinski definition) is 4. The molecule has 88 valence electrons. The lowest BCUT2D eigenvalue weighted by Crippen LogP contribution is -2.00. The molecule has 15 heavy (non-hydrogen) atoms. The van der Waals surface area contributed by atoms with Gasteiger partial charge in [-0.25, -0.2) is 0 Å². The summed E-state index contributed by atoms with van der Waals surface area (Å²) in [4.78, 5) is 15.2. The number of carboxylic acid groups (broad SMARTS) is 1. The number of carboxylic acids is 1. The van der Waals surface area contributed by atoms with Crippen LogP contribution in [-0.4, -0.2) is 30.2 Å². The molecule has 0 bridgehead atoms. The van der Waals surface area contributed by atoms with Crippen LogP contribution < -0.4 is 0 Å². The molecule has 1 N–H and O–H groups in total. The number of carbonyl (C=O) groups is 1. The third kappa shape index (κ3) is 10.7. The van der Waals surface area contributed by atoms with E-state index in [1.54, 1.807) is 6.92 Å². The molecule has 0 aliphatic carbocycles. The highest BCUT2D eigenvalue weighted by atomic mass is 16.6. The Bertz CT molecular complexity index is 204. The lowest BCUT2D eigenvalue weighted by atomic mass is 10.2. The third-order valence-electron chi connectivity index (χ3n) is 1.67. The summed E-state index contributed by atoms with van der Waals surface area (Å²) in [7, 11) is 0. The maximum absolute atomic E-state index is 10.2. The van der Waals surface area contributed by atoms with Gasteiger partial charge in [-0.3, -0.25) is 4.79 Å². The Morgan fingerprint density at radius 2 is 2.07 bits per heavy atom. The minimum atomic E-state index is -0.749. The summed E-state index contributed by atoms with van der Waals surface area (Å²) < 4.78 is 5.05. The summed E-state index contributed by atoms with van der Waals surface area (Å²) in [5.41, 5.74) is 0. The molecular weight excluding hydrogens is 198 g/mol. The van der Waals surface area contributed by atoms with E-state index in [0.717, 1.165) is 12.8 Å². The largest absolute Gasteiger partial charge is 0.481 e. The molecular formula is C10H19NO4. The van der Waals surface area contributed by atoms with E-state index in [9.17, 15) is 4.79 Å². The van der Waals surface area contributed by atoms with Crippen molar-refractivity contribution in [3.8, 4) is 0 Å². The van der Waals surface area contributed by atoms with Crippen molar-refractivity contribution in [2.24, 2.45) is 5.16 Å². The Morgan fingerprint density at radius 1 is 1.33 bits per heavy atom. The zero-order valence-corrected chi connectivity index (χ0v) is 9.36. The molecule has 0 radical (unpaired) electrons. The second-order valence-corrected chi connectivity index (χ2v) is 3.08. The molecule has 0 aromatic rings. The van der Waals surface area contributed by atoms with Crippen LogP contribution in [0.4, 0.5) is 0 Å². The van der Waals surface area contributed by atoms with E-state index in [4.69, 9.17) is 14.7 Å². The topological polar surface area (TPSA) is 68.1 Å². The van der Waals surface area contributed by atoms with Gasteiger partial charge in [0.2, 0.25) is 5.90 Å². The lowest BCUT2D eigenvalue weighted by Gasteiger charge is -2.02. The van der Waals surface area contributed by atoms with E-state index in [1.165, 1.54) is 0 Å². The minimum Gasteiger partial charge on any atom is -0.481 e. The van der Waals surface area contributed by atoms with Crippen LogP contribution in [-0.2, 0) is 14.4 Å². The van der Waals surface area contributed by atoms with Crippen LogP contribution in [0.15, 0.2) is 5.16 Å². The first kappa shape index (κ1) is 13.7. The summed E-state index contributed by atoms with van der Waals surface area (Å²) in [5, 5.41) is 12.1. The van der Waals surface area contributed by atoms with Gasteiger partial charge in [0.25, 0.3) is 0 Å². The molecule has 0 amide bonds. The average molecular weight is 217 g/mol. The van der Waals surface area contributed by atoms with Gasteiger partial charge in [0.15, 0.2) is 0 Å². The predicted octanol–water partition coefficient (Wildman–Crippen LogP) is 2.02. The van der Waals surface area contributed by atoms with Gasteiger partial charge in [0.1, 0.15) is 6.61 Å². The number of hydrogen-bond donors (Lipinski definition) is 1. The van der Waals surface area contributed by atoms with Crippen molar-refractivity contribution >= 4 is 11.9 Å². The molecule has 0 atom stereocenters. The maximum Gasteiger partial charge on any atom is 0.303 e. The lowest BCUT2D eigenvalue weighted by molar-refractivity contribution is -0.137. The number of nitrogens with zero attached hydrogens (tertiary/aromatic N) is 1. The van der Waals surface area contributed by atoms with E-state index in [1.807, 2.05) is 6.92 Å². The summed E-state index contributed by atoms with van der Waals surface area (Å²) in [6, 6.07) is 0. The average Bonchev–Trinajstić information content (AvgIpc) is 2.16. The van der Waals surface area contributed by atoms with Crippen LogP contribution in [0.1, 0.15) is 39.5 Å². The van der Waals surface area contributed by atoms with E-state index >= 15 is 0 Å². The first-order valence-corrected chi connectivity index (χ1v) is 5.18. The summed E-state index contributed by atoms with van der Waals surface area (Å²) >= 11 is 0. The first-order valence-electron chi connectivity index (χ1n) is 5.18. The maximum atomic E-state index is 10.2. The Balaban J connectivity index is 3.24. The monoisotopic (exact) mass is 217 g/mol. The highest BCUT2D eigenvalue weighted by Crippen LogP contribution is 2.00. The molecule has 0 aliphatic heterocycles. The second kappa shape index (κ2) is 9.30. The predicted molar refractivity (Wildman–Crippen MR) is 56.8 cm³/mol. The van der Waals surface area contributed by atoms with Crippen molar-refractivity contribution in [3.05, 3.63) is 0 Å². The standard InChI is InChI=1S/C10H19NO4/c1-3-14-9(2)11-15-8-6-4-5-7-10(12)13/h3-8H2,1-2H3,(H,12,13). The molecule has 0 aliphatic rings. The Kier molecular flexibility index (Phi) is 8.52. The van der Waals surface area contributed by atoms with Gasteiger partial charge in [-0.1, -0.05) is 5.16 Å². The SMILES string of the molecule is CCOC(C)=NOCCCCCC(=O)O. The second-order valence-electron chi connectivity index (χ2n) is 3.08. The number of ether oxygens (including phenoxy) is 1. The van der Waals surface area contributed by atoms with Gasteiger partial charge in [0, 0.05) is 13.3 Å². The minimum absolute atomic E-state index is 0.223. The highest BCUT2D eigenvalue weighted by molar-refractivity contribution is 5.72. The summed E-state index contributed by atoms with van der Waals surface area (Å²) in [6.45, 7) is 4.69. The van der Waals surface area contributed by atoms with Crippen molar-refractivity contribution in [3.63, 3.8) is 0 Å². The number of unbranched alkanes of at least 4 members (excludes halogenated alkanes) is 2. The van der Waals surface area contributed by atoms with Crippen LogP contribution in [0.2, 0.25) is 0 Å². The molecule has 5 nitrogen and oxygen atoms in total. The van der Waals surface area contributed by atoms with Crippen LogP contribution >= 0.6 is 0 Å². The highest BCUT2D eigenvalue weighted by Gasteiger charge is 1.96. The van der Waals surface area contributed by atoms with Crippen LogP contribution in [0.25, 0.3) is 0 Å². The van der Waals surface area contributed by atoms with E-state index < -0.39 is 5.97 Å². The Hall–Kier alpha value is -1.26. The molecule has 0 saturated carbocycles. The van der Waals surface area contributed by atoms with Gasteiger partial charge in [-0.15, -0.1) is 0 Å². The van der Waals surface area contributed by atoms with E-state index in [-0.39, 0.29) is 6.42 Å². The molecule has 0 aromatic heterocycles. The van der Waals surface area contributed by atoms with Crippen molar-refractivity contribution < 1.29 is 19.5 Å². The summed E-state index contributed by atoms with van der Waals surface area (Å²) in [5.74, 6) is -0.232. The fourth-order valence-corrected chi connectivity index (χ4v) is 0.991. The summed E-state index contributed by atoms with van der Waals surface area (Å²) in [6.07, 6.45) is 2.57. The fraction of sp³-hybridized carbons (Fsp3) is 0.800. The van der Waals surface area contributed by atoms with Gasteiger partial charge < -0.3 is 14.7 Å². The van der Waals surface area contributed by atoms with Crippen LogP contribution in [0, 0.1) is 0 Å². The molecule has 5 heteroatoms. The molecule has 0 rings (SSSR count). The van der Waals surface area contributed by atoms with Crippen LogP contribution in [0.3, 0.4) is 0 Å². The molecule has 0 fully saturated rings. The molecule has 0 saturated heterocycles. The Morgan fingerprint density at radius 3 is 2.67 bits per heavy atom. The zero-order valence-electron chi connectivity index (χ0n) is 9.36. The van der Waals surface area contributed by atoms with Gasteiger partial charge in [0.05, 0.1) is 6.61 Å². The zero-order chi connectivity index (χ0) is 11.5. The van der Waals surface area contributed by atoms with Crippen molar-refractivity contribution in [2.45, 2.75) is 39.5 Å². The quantitative estimate of drug-likeness (QED) is 0.292. The van der Waals surface area contributed by atoms with Crippen molar-refractivity contribution in [1.82, 2.24) is 0 Å².